The van der Waals surface area contributed by atoms with E-state index in [1.165, 1.54) is 0 Å². The summed E-state index contributed by atoms with van der Waals surface area (Å²) in [6.45, 7) is 4.08. The Kier molecular flexibility index (Phi) is 5.89. The lowest BCUT2D eigenvalue weighted by Gasteiger charge is -2.38. The minimum absolute atomic E-state index is 0.0282. The molecule has 2 heterocycles. The van der Waals surface area contributed by atoms with Gasteiger partial charge >= 0.3 is 0 Å². The van der Waals surface area contributed by atoms with E-state index < -0.39 is 12.1 Å². The van der Waals surface area contributed by atoms with E-state index in [0.717, 1.165) is 39.3 Å². The van der Waals surface area contributed by atoms with Crippen LogP contribution in [0.2, 0.25) is 0 Å². The van der Waals surface area contributed by atoms with Crippen molar-refractivity contribution in [2.75, 3.05) is 4.90 Å². The molecule has 172 valence electrons. The van der Waals surface area contributed by atoms with Gasteiger partial charge in [-0.2, -0.15) is 10.4 Å². The third-order valence-electron chi connectivity index (χ3n) is 6.19. The summed E-state index contributed by atoms with van der Waals surface area (Å²) in [5.41, 5.74) is 6.38. The Labute approximate surface area is 209 Å². The van der Waals surface area contributed by atoms with Gasteiger partial charge in [0.25, 0.3) is 5.91 Å². The lowest BCUT2D eigenvalue weighted by Crippen LogP contribution is -2.46. The minimum Gasteiger partial charge on any atom is -0.327 e. The first-order valence-electron chi connectivity index (χ1n) is 11.2. The van der Waals surface area contributed by atoms with Gasteiger partial charge in [0, 0.05) is 23.0 Å². The Balaban J connectivity index is 1.74. The van der Waals surface area contributed by atoms with Crippen LogP contribution in [0.1, 0.15) is 22.9 Å². The number of benzene rings is 3. The van der Waals surface area contributed by atoms with E-state index in [2.05, 4.69) is 17.9 Å². The van der Waals surface area contributed by atoms with E-state index >= 15 is 0 Å². The maximum atomic E-state index is 12.9. The quantitative estimate of drug-likeness (QED) is 0.383. The number of nitrogens with zero attached hydrogens (tertiary/aromatic N) is 4. The van der Waals surface area contributed by atoms with Crippen LogP contribution in [0.3, 0.4) is 0 Å². The largest absolute Gasteiger partial charge is 0.327 e. The molecule has 0 fully saturated rings. The molecule has 3 aromatic carbocycles. The molecule has 1 atom stereocenters. The normalized spacial score (nSPS) is 15.7. The van der Waals surface area contributed by atoms with Crippen molar-refractivity contribution in [2.45, 2.75) is 20.0 Å². The summed E-state index contributed by atoms with van der Waals surface area (Å²) in [6, 6.07) is 27.7. The molecule has 1 aliphatic heterocycles. The summed E-state index contributed by atoms with van der Waals surface area (Å²) in [5.74, 6) is -0.464. The van der Waals surface area contributed by atoms with E-state index in [1.807, 2.05) is 115 Å². The number of anilines is 1. The van der Waals surface area contributed by atoms with Gasteiger partial charge in [-0.3, -0.25) is 4.79 Å². The molecule has 35 heavy (non-hydrogen) atoms. The van der Waals surface area contributed by atoms with E-state index in [1.54, 1.807) is 0 Å². The highest BCUT2D eigenvalue weighted by Crippen LogP contribution is 2.39. The fourth-order valence-corrected chi connectivity index (χ4v) is 4.57. The van der Waals surface area contributed by atoms with Gasteiger partial charge in [0.1, 0.15) is 17.8 Å². The Morgan fingerprint density at radius 3 is 2.29 bits per heavy atom. The minimum atomic E-state index is -0.623. The number of nitriles is 1. The molecule has 7 heteroatoms. The molecule has 6 nitrogen and oxygen atoms in total. The first-order chi connectivity index (χ1) is 17.0. The third-order valence-corrected chi connectivity index (χ3v) is 6.63. The molecule has 0 saturated carbocycles. The number of hydrogen-bond donors (Lipinski definition) is 2. The van der Waals surface area contributed by atoms with Crippen LogP contribution in [-0.4, -0.2) is 15.7 Å². The molecule has 0 saturated heterocycles. The number of nitrogens with one attached hydrogen (secondary N) is 1. The first kappa shape index (κ1) is 22.5. The molecule has 5 rings (SSSR count). The lowest BCUT2D eigenvalue weighted by atomic mass is 10.0. The maximum Gasteiger partial charge on any atom is 0.266 e. The van der Waals surface area contributed by atoms with Gasteiger partial charge in [-0.15, -0.1) is 12.6 Å². The Bertz CT molecular complexity index is 1490. The highest BCUT2D eigenvalue weighted by Gasteiger charge is 2.36. The van der Waals surface area contributed by atoms with E-state index in [-0.39, 0.29) is 5.57 Å². The van der Waals surface area contributed by atoms with Crippen LogP contribution in [0.25, 0.3) is 16.9 Å². The first-order valence-corrected chi connectivity index (χ1v) is 11.6. The predicted molar refractivity (Wildman–Crippen MR) is 140 cm³/mol. The van der Waals surface area contributed by atoms with Crippen LogP contribution < -0.4 is 10.2 Å². The number of rotatable bonds is 4. The van der Waals surface area contributed by atoms with Gasteiger partial charge in [0.2, 0.25) is 0 Å². The van der Waals surface area contributed by atoms with Crippen LogP contribution >= 0.6 is 12.6 Å². The zero-order valence-electron chi connectivity index (χ0n) is 19.3. The predicted octanol–water partition coefficient (Wildman–Crippen LogP) is 5.46. The summed E-state index contributed by atoms with van der Waals surface area (Å²) in [5, 5.41) is 17.9. The number of para-hydroxylation sites is 1. The standard InChI is InChI=1S/C28H23N5OS/c1-18-13-14-22(15-19(18)2)33-26(30-27(34)23(16-29)28(33)35)24-17-32(21-11-7-4-8-12-21)31-25(24)20-9-5-3-6-10-20/h3-15,17,26,35H,1-2H3,(H,30,34). The maximum absolute atomic E-state index is 12.9. The second-order valence-corrected chi connectivity index (χ2v) is 8.83. The summed E-state index contributed by atoms with van der Waals surface area (Å²) >= 11 is 4.67. The Hall–Kier alpha value is -4.28. The molecule has 0 spiro atoms. The highest BCUT2D eigenvalue weighted by atomic mass is 32.1. The number of carbonyl (C=O) groups excluding carboxylic acids is 1. The number of aromatic nitrogens is 2. The zero-order chi connectivity index (χ0) is 24.5. The number of hydrogen-bond acceptors (Lipinski definition) is 5. The summed E-state index contributed by atoms with van der Waals surface area (Å²) < 4.78 is 1.81. The van der Waals surface area contributed by atoms with Crippen molar-refractivity contribution in [2.24, 2.45) is 0 Å². The van der Waals surface area contributed by atoms with Crippen LogP contribution in [0.4, 0.5) is 5.69 Å². The number of thiol groups is 1. The van der Waals surface area contributed by atoms with Crippen LogP contribution in [0.15, 0.2) is 95.7 Å². The van der Waals surface area contributed by atoms with Crippen molar-refractivity contribution in [3.63, 3.8) is 0 Å². The third kappa shape index (κ3) is 4.09. The zero-order valence-corrected chi connectivity index (χ0v) is 20.2. The number of carbonyl (C=O) groups is 1. The second kappa shape index (κ2) is 9.16. The molecule has 0 aliphatic carbocycles. The van der Waals surface area contributed by atoms with Crippen molar-refractivity contribution in [1.29, 1.82) is 5.26 Å². The topological polar surface area (TPSA) is 74.0 Å². The SMILES string of the molecule is Cc1ccc(N2C(S)=C(C#N)C(=O)NC2c2cn(-c3ccccc3)nc2-c2ccccc2)cc1C. The molecular formula is C28H23N5OS. The van der Waals surface area contributed by atoms with Crippen LogP contribution in [0.5, 0.6) is 0 Å². The van der Waals surface area contributed by atoms with E-state index in [0.29, 0.717) is 5.03 Å². The average molecular weight is 478 g/mol. The smallest absolute Gasteiger partial charge is 0.266 e. The molecule has 1 unspecified atom stereocenters. The number of amides is 1. The van der Waals surface area contributed by atoms with Crippen molar-refractivity contribution in [1.82, 2.24) is 15.1 Å². The van der Waals surface area contributed by atoms with Crippen LogP contribution in [0, 0.1) is 25.2 Å². The Morgan fingerprint density at radius 2 is 1.63 bits per heavy atom. The monoisotopic (exact) mass is 477 g/mol. The van der Waals surface area contributed by atoms with Crippen LogP contribution in [-0.2, 0) is 4.79 Å². The van der Waals surface area contributed by atoms with Gasteiger partial charge < -0.3 is 10.2 Å². The molecule has 1 aliphatic rings. The fourth-order valence-electron chi connectivity index (χ4n) is 4.19. The Morgan fingerprint density at radius 1 is 0.943 bits per heavy atom. The van der Waals surface area contributed by atoms with Gasteiger partial charge in [-0.25, -0.2) is 4.68 Å². The van der Waals surface area contributed by atoms with Gasteiger partial charge in [-0.05, 0) is 49.2 Å². The molecular weight excluding hydrogens is 454 g/mol. The van der Waals surface area contributed by atoms with Crippen molar-refractivity contribution >= 4 is 24.2 Å². The van der Waals surface area contributed by atoms with Crippen molar-refractivity contribution < 1.29 is 4.79 Å². The lowest BCUT2D eigenvalue weighted by molar-refractivity contribution is -0.118. The summed E-state index contributed by atoms with van der Waals surface area (Å²) in [4.78, 5) is 14.8. The summed E-state index contributed by atoms with van der Waals surface area (Å²) in [6.07, 6.45) is 1.30. The van der Waals surface area contributed by atoms with Gasteiger partial charge in [0.05, 0.1) is 16.4 Å². The molecule has 1 N–H and O–H groups in total. The molecule has 1 amide bonds. The van der Waals surface area contributed by atoms with Gasteiger partial charge in [0.15, 0.2) is 0 Å². The number of aryl methyl sites for hydroxylation is 2. The highest BCUT2D eigenvalue weighted by molar-refractivity contribution is 7.84. The van der Waals surface area contributed by atoms with Crippen molar-refractivity contribution in [3.05, 3.63) is 112 Å². The summed E-state index contributed by atoms with van der Waals surface area (Å²) in [7, 11) is 0. The second-order valence-electron chi connectivity index (χ2n) is 8.40. The molecule has 0 radical (unpaired) electrons. The van der Waals surface area contributed by atoms with E-state index in [4.69, 9.17) is 5.10 Å². The van der Waals surface area contributed by atoms with E-state index in [9.17, 15) is 10.1 Å². The fraction of sp³-hybridized carbons (Fsp3) is 0.107. The molecule has 0 bridgehead atoms. The molecule has 4 aromatic rings. The van der Waals surface area contributed by atoms with Crippen molar-refractivity contribution in [3.8, 4) is 23.0 Å². The molecule has 1 aromatic heterocycles. The van der Waals surface area contributed by atoms with Gasteiger partial charge in [-0.1, -0.05) is 54.6 Å². The average Bonchev–Trinajstić information content (AvgIpc) is 3.32.